The van der Waals surface area contributed by atoms with Gasteiger partial charge in [-0.1, -0.05) is 12.1 Å². The van der Waals surface area contributed by atoms with Gasteiger partial charge in [0.2, 0.25) is 0 Å². The van der Waals surface area contributed by atoms with Gasteiger partial charge >= 0.3 is 5.97 Å². The lowest BCUT2D eigenvalue weighted by Crippen LogP contribution is -2.42. The lowest BCUT2D eigenvalue weighted by atomic mass is 10.0. The first-order valence-corrected chi connectivity index (χ1v) is 6.53. The van der Waals surface area contributed by atoms with Crippen molar-refractivity contribution in [2.75, 3.05) is 0 Å². The number of aliphatic carboxylic acids is 1. The molecule has 6 heteroatoms. The lowest BCUT2D eigenvalue weighted by molar-refractivity contribution is -0.139. The summed E-state index contributed by atoms with van der Waals surface area (Å²) in [6.45, 7) is 0. The van der Waals surface area contributed by atoms with E-state index in [1.165, 1.54) is 24.5 Å². The number of nitriles is 1. The molecule has 0 spiro atoms. The Hall–Kier alpha value is -3.20. The van der Waals surface area contributed by atoms with Crippen LogP contribution in [0, 0.1) is 11.3 Å². The molecule has 0 fully saturated rings. The molecule has 2 aromatic rings. The minimum absolute atomic E-state index is 0.0989. The van der Waals surface area contributed by atoms with E-state index < -0.39 is 17.9 Å². The van der Waals surface area contributed by atoms with Crippen LogP contribution in [-0.4, -0.2) is 28.0 Å². The third-order valence-electron chi connectivity index (χ3n) is 3.04. The maximum absolute atomic E-state index is 12.0. The number of nitrogens with zero attached hydrogens (tertiary/aromatic N) is 2. The van der Waals surface area contributed by atoms with E-state index in [0.717, 1.165) is 0 Å². The van der Waals surface area contributed by atoms with E-state index in [9.17, 15) is 14.7 Å². The Labute approximate surface area is 127 Å². The summed E-state index contributed by atoms with van der Waals surface area (Å²) in [4.78, 5) is 27.2. The Morgan fingerprint density at radius 1 is 1.27 bits per heavy atom. The van der Waals surface area contributed by atoms with Crippen molar-refractivity contribution in [3.8, 4) is 6.07 Å². The molecule has 22 heavy (non-hydrogen) atoms. The normalized spacial score (nSPS) is 11.2. The number of carboxylic acid groups (broad SMARTS) is 1. The third kappa shape index (κ3) is 3.90. The van der Waals surface area contributed by atoms with Crippen LogP contribution in [0.2, 0.25) is 0 Å². The molecule has 2 N–H and O–H groups in total. The lowest BCUT2D eigenvalue weighted by Gasteiger charge is -2.14. The Kier molecular flexibility index (Phi) is 4.83. The summed E-state index contributed by atoms with van der Waals surface area (Å²) in [6.07, 6.45) is 3.02. The topological polar surface area (TPSA) is 103 Å². The molecular formula is C16H13N3O3. The number of rotatable bonds is 5. The fraction of sp³-hybridized carbons (Fsp3) is 0.125. The first-order chi connectivity index (χ1) is 10.6. The average molecular weight is 295 g/mol. The zero-order valence-electron chi connectivity index (χ0n) is 11.6. The number of nitrogens with one attached hydrogen (secondary N) is 1. The number of pyridine rings is 1. The summed E-state index contributed by atoms with van der Waals surface area (Å²) < 4.78 is 0. The van der Waals surface area contributed by atoms with Gasteiger partial charge in [-0.15, -0.1) is 0 Å². The van der Waals surface area contributed by atoms with Gasteiger partial charge in [0.1, 0.15) is 6.04 Å². The number of carboxylic acids is 1. The Bertz CT molecular complexity index is 723. The number of aromatic nitrogens is 1. The maximum Gasteiger partial charge on any atom is 0.326 e. The van der Waals surface area contributed by atoms with Crippen LogP contribution in [0.4, 0.5) is 0 Å². The van der Waals surface area contributed by atoms with Gasteiger partial charge < -0.3 is 10.4 Å². The van der Waals surface area contributed by atoms with Gasteiger partial charge in [-0.2, -0.15) is 5.26 Å². The van der Waals surface area contributed by atoms with E-state index in [1.807, 2.05) is 6.07 Å². The van der Waals surface area contributed by atoms with Crippen LogP contribution in [-0.2, 0) is 11.2 Å². The molecule has 1 amide bonds. The van der Waals surface area contributed by atoms with E-state index in [4.69, 9.17) is 5.26 Å². The molecule has 0 radical (unpaired) electrons. The molecule has 0 bridgehead atoms. The molecule has 0 aliphatic heterocycles. The minimum Gasteiger partial charge on any atom is -0.480 e. The number of carbonyl (C=O) groups is 2. The molecular weight excluding hydrogens is 282 g/mol. The van der Waals surface area contributed by atoms with Crippen molar-refractivity contribution in [2.45, 2.75) is 12.5 Å². The summed E-state index contributed by atoms with van der Waals surface area (Å²) in [5, 5.41) is 20.6. The highest BCUT2D eigenvalue weighted by atomic mass is 16.4. The molecule has 1 aromatic heterocycles. The summed E-state index contributed by atoms with van der Waals surface area (Å²) >= 11 is 0. The van der Waals surface area contributed by atoms with E-state index >= 15 is 0 Å². The van der Waals surface area contributed by atoms with Crippen LogP contribution in [0.1, 0.15) is 21.5 Å². The van der Waals surface area contributed by atoms with Crippen molar-refractivity contribution in [2.24, 2.45) is 0 Å². The smallest absolute Gasteiger partial charge is 0.326 e. The Morgan fingerprint density at radius 2 is 2.00 bits per heavy atom. The highest BCUT2D eigenvalue weighted by molar-refractivity contribution is 5.96. The summed E-state index contributed by atoms with van der Waals surface area (Å²) in [5.41, 5.74) is 1.45. The molecule has 0 aliphatic rings. The summed E-state index contributed by atoms with van der Waals surface area (Å²) in [6, 6.07) is 10.6. The van der Waals surface area contributed by atoms with E-state index in [2.05, 4.69) is 10.3 Å². The van der Waals surface area contributed by atoms with Crippen molar-refractivity contribution < 1.29 is 14.7 Å². The first-order valence-electron chi connectivity index (χ1n) is 6.53. The molecule has 6 nitrogen and oxygen atoms in total. The number of hydrogen-bond acceptors (Lipinski definition) is 4. The highest BCUT2D eigenvalue weighted by Crippen LogP contribution is 2.08. The van der Waals surface area contributed by atoms with Gasteiger partial charge in [0, 0.05) is 24.4 Å². The van der Waals surface area contributed by atoms with Crippen molar-refractivity contribution in [1.29, 1.82) is 5.26 Å². The van der Waals surface area contributed by atoms with Gasteiger partial charge in [-0.3, -0.25) is 9.78 Å². The molecule has 0 saturated heterocycles. The van der Waals surface area contributed by atoms with E-state index in [1.54, 1.807) is 24.3 Å². The van der Waals surface area contributed by atoms with Crippen LogP contribution in [0.3, 0.4) is 0 Å². The quantitative estimate of drug-likeness (QED) is 0.867. The molecule has 0 unspecified atom stereocenters. The van der Waals surface area contributed by atoms with Crippen molar-refractivity contribution in [3.63, 3.8) is 0 Å². The monoisotopic (exact) mass is 295 g/mol. The van der Waals surface area contributed by atoms with Crippen LogP contribution in [0.15, 0.2) is 48.8 Å². The number of benzene rings is 1. The van der Waals surface area contributed by atoms with Crippen LogP contribution < -0.4 is 5.32 Å². The number of hydrogen-bond donors (Lipinski definition) is 2. The summed E-state index contributed by atoms with van der Waals surface area (Å²) in [5.74, 6) is -1.61. The van der Waals surface area contributed by atoms with E-state index in [-0.39, 0.29) is 6.42 Å². The van der Waals surface area contributed by atoms with Gasteiger partial charge in [0.15, 0.2) is 0 Å². The minimum atomic E-state index is -1.13. The molecule has 110 valence electrons. The van der Waals surface area contributed by atoms with Crippen molar-refractivity contribution in [3.05, 3.63) is 65.5 Å². The van der Waals surface area contributed by atoms with Gasteiger partial charge in [0.05, 0.1) is 11.6 Å². The largest absolute Gasteiger partial charge is 0.480 e. The van der Waals surface area contributed by atoms with Crippen molar-refractivity contribution >= 4 is 11.9 Å². The second-order valence-corrected chi connectivity index (χ2v) is 4.62. The van der Waals surface area contributed by atoms with Crippen LogP contribution in [0.5, 0.6) is 0 Å². The summed E-state index contributed by atoms with van der Waals surface area (Å²) in [7, 11) is 0. The zero-order valence-corrected chi connectivity index (χ0v) is 11.6. The molecule has 0 saturated carbocycles. The van der Waals surface area contributed by atoms with E-state index in [0.29, 0.717) is 16.7 Å². The third-order valence-corrected chi connectivity index (χ3v) is 3.04. The number of amides is 1. The number of carbonyl (C=O) groups excluding carboxylic acids is 1. The van der Waals surface area contributed by atoms with Gasteiger partial charge in [-0.05, 0) is 29.8 Å². The standard InChI is InChI=1S/C16H13N3O3/c17-10-12-3-1-2-11(8-12)9-14(16(21)22)19-15(20)13-4-6-18-7-5-13/h1-8,14H,9H2,(H,19,20)(H,21,22)/t14-/m1/s1. The van der Waals surface area contributed by atoms with Gasteiger partial charge in [0.25, 0.3) is 5.91 Å². The predicted octanol–water partition coefficient (Wildman–Crippen LogP) is 1.38. The maximum atomic E-state index is 12.0. The fourth-order valence-corrected chi connectivity index (χ4v) is 1.95. The molecule has 1 aromatic carbocycles. The molecule has 2 rings (SSSR count). The second-order valence-electron chi connectivity index (χ2n) is 4.62. The van der Waals surface area contributed by atoms with Gasteiger partial charge in [-0.25, -0.2) is 4.79 Å². The first kappa shape index (κ1) is 15.2. The fourth-order valence-electron chi connectivity index (χ4n) is 1.95. The van der Waals surface area contributed by atoms with Crippen molar-refractivity contribution in [1.82, 2.24) is 10.3 Å². The average Bonchev–Trinajstić information content (AvgIpc) is 2.55. The van der Waals surface area contributed by atoms with Crippen LogP contribution >= 0.6 is 0 Å². The molecule has 1 atom stereocenters. The zero-order chi connectivity index (χ0) is 15.9. The highest BCUT2D eigenvalue weighted by Gasteiger charge is 2.21. The SMILES string of the molecule is N#Cc1cccc(C[C@@H](NC(=O)c2ccncc2)C(=O)O)c1. The van der Waals surface area contributed by atoms with Crippen LogP contribution in [0.25, 0.3) is 0 Å². The Balaban J connectivity index is 2.12. The second kappa shape index (κ2) is 6.99. The Morgan fingerprint density at radius 3 is 2.64 bits per heavy atom. The molecule has 1 heterocycles. The predicted molar refractivity (Wildman–Crippen MR) is 78.0 cm³/mol. The molecule has 0 aliphatic carbocycles.